The van der Waals surface area contributed by atoms with Crippen molar-refractivity contribution < 1.29 is 19.4 Å². The van der Waals surface area contributed by atoms with Gasteiger partial charge in [-0.25, -0.2) is 4.79 Å². The summed E-state index contributed by atoms with van der Waals surface area (Å²) in [5.41, 5.74) is -1.64. The number of aliphatic hydroxyl groups is 1. The molecule has 0 radical (unpaired) electrons. The molecule has 0 bridgehead atoms. The van der Waals surface area contributed by atoms with E-state index in [0.717, 1.165) is 12.8 Å². The number of rotatable bonds is 3. The average Bonchev–Trinajstić information content (AvgIpc) is 2.28. The van der Waals surface area contributed by atoms with E-state index < -0.39 is 17.2 Å². The summed E-state index contributed by atoms with van der Waals surface area (Å²) in [6.45, 7) is 8.60. The molecule has 2 amide bonds. The summed E-state index contributed by atoms with van der Waals surface area (Å²) in [5.74, 6) is -0.241. The second-order valence-corrected chi connectivity index (χ2v) is 7.23. The molecule has 1 saturated carbocycles. The van der Waals surface area contributed by atoms with Crippen LogP contribution in [-0.2, 0) is 9.53 Å². The molecule has 21 heavy (non-hydrogen) atoms. The van der Waals surface area contributed by atoms with Crippen molar-refractivity contribution in [1.29, 1.82) is 0 Å². The Bertz CT molecular complexity index is 380. The molecule has 0 aliphatic heterocycles. The first-order chi connectivity index (χ1) is 9.49. The zero-order valence-electron chi connectivity index (χ0n) is 13.7. The smallest absolute Gasteiger partial charge is 0.408 e. The van der Waals surface area contributed by atoms with Crippen LogP contribution in [0.2, 0.25) is 0 Å². The van der Waals surface area contributed by atoms with Gasteiger partial charge in [-0.1, -0.05) is 0 Å². The summed E-state index contributed by atoms with van der Waals surface area (Å²) in [5, 5.41) is 15.0. The van der Waals surface area contributed by atoms with E-state index in [2.05, 4.69) is 10.6 Å². The third-order valence-corrected chi connectivity index (χ3v) is 3.41. The molecule has 6 nitrogen and oxygen atoms in total. The molecule has 0 unspecified atom stereocenters. The molecule has 0 saturated heterocycles. The standard InChI is InChI=1S/C15H28N2O4/c1-14(2,3)21-13(20)17-15(4,5)12(19)16-10-6-8-11(18)9-7-10/h10-11,18H,6-9H2,1-5H3,(H,16,19)(H,17,20). The number of carbonyl (C=O) groups is 2. The van der Waals surface area contributed by atoms with Crippen LogP contribution in [0.1, 0.15) is 60.3 Å². The predicted octanol–water partition coefficient (Wildman–Crippen LogP) is 1.71. The lowest BCUT2D eigenvalue weighted by atomic mass is 9.92. The van der Waals surface area contributed by atoms with Gasteiger partial charge in [-0.3, -0.25) is 4.79 Å². The van der Waals surface area contributed by atoms with Crippen molar-refractivity contribution in [2.45, 2.75) is 83.6 Å². The molecule has 1 fully saturated rings. The van der Waals surface area contributed by atoms with Gasteiger partial charge >= 0.3 is 6.09 Å². The third-order valence-electron chi connectivity index (χ3n) is 3.41. The number of aliphatic hydroxyl groups excluding tert-OH is 1. The first-order valence-electron chi connectivity index (χ1n) is 7.50. The van der Waals surface area contributed by atoms with Gasteiger partial charge in [0, 0.05) is 6.04 Å². The van der Waals surface area contributed by atoms with E-state index in [9.17, 15) is 14.7 Å². The molecule has 3 N–H and O–H groups in total. The quantitative estimate of drug-likeness (QED) is 0.740. The highest BCUT2D eigenvalue weighted by Crippen LogP contribution is 2.19. The van der Waals surface area contributed by atoms with Crippen LogP contribution in [0.25, 0.3) is 0 Å². The molecule has 0 aromatic rings. The van der Waals surface area contributed by atoms with Crippen LogP contribution in [-0.4, -0.2) is 40.4 Å². The number of amides is 2. The van der Waals surface area contributed by atoms with E-state index in [1.807, 2.05) is 0 Å². The van der Waals surface area contributed by atoms with Gasteiger partial charge in [0.25, 0.3) is 0 Å². The molecule has 0 aromatic carbocycles. The largest absolute Gasteiger partial charge is 0.444 e. The summed E-state index contributed by atoms with van der Waals surface area (Å²) in [4.78, 5) is 24.0. The van der Waals surface area contributed by atoms with E-state index in [-0.39, 0.29) is 18.1 Å². The minimum absolute atomic E-state index is 0.0561. The Morgan fingerprint density at radius 3 is 2.05 bits per heavy atom. The molecule has 0 atom stereocenters. The van der Waals surface area contributed by atoms with Crippen LogP contribution >= 0.6 is 0 Å². The number of hydrogen-bond donors (Lipinski definition) is 3. The number of carbonyl (C=O) groups excluding carboxylic acids is 2. The van der Waals surface area contributed by atoms with Gasteiger partial charge in [0.1, 0.15) is 11.1 Å². The van der Waals surface area contributed by atoms with Gasteiger partial charge in [0.2, 0.25) is 5.91 Å². The number of ether oxygens (including phenoxy) is 1. The lowest BCUT2D eigenvalue weighted by Crippen LogP contribution is -2.57. The van der Waals surface area contributed by atoms with E-state index in [1.54, 1.807) is 34.6 Å². The van der Waals surface area contributed by atoms with Crippen LogP contribution in [0.15, 0.2) is 0 Å². The minimum Gasteiger partial charge on any atom is -0.444 e. The minimum atomic E-state index is -1.04. The van der Waals surface area contributed by atoms with Crippen molar-refractivity contribution in [3.05, 3.63) is 0 Å². The van der Waals surface area contributed by atoms with E-state index in [1.165, 1.54) is 0 Å². The zero-order chi connectivity index (χ0) is 16.3. The first-order valence-corrected chi connectivity index (χ1v) is 7.50. The Kier molecular flexibility index (Phi) is 5.61. The second-order valence-electron chi connectivity index (χ2n) is 7.23. The summed E-state index contributed by atoms with van der Waals surface area (Å²) in [6.07, 6.45) is 2.05. The lowest BCUT2D eigenvalue weighted by molar-refractivity contribution is -0.127. The molecule has 0 aromatic heterocycles. The highest BCUT2D eigenvalue weighted by molar-refractivity contribution is 5.89. The molecule has 0 spiro atoms. The fourth-order valence-corrected chi connectivity index (χ4v) is 2.20. The SMILES string of the molecule is CC(C)(C)OC(=O)NC(C)(C)C(=O)NC1CCC(O)CC1. The number of hydrogen-bond acceptors (Lipinski definition) is 4. The van der Waals surface area contributed by atoms with Gasteiger partial charge in [-0.2, -0.15) is 0 Å². The van der Waals surface area contributed by atoms with Crippen molar-refractivity contribution >= 4 is 12.0 Å². The van der Waals surface area contributed by atoms with Gasteiger partial charge in [-0.15, -0.1) is 0 Å². The monoisotopic (exact) mass is 300 g/mol. The molecule has 1 aliphatic carbocycles. The van der Waals surface area contributed by atoms with Gasteiger partial charge in [0.15, 0.2) is 0 Å². The van der Waals surface area contributed by atoms with Crippen molar-refractivity contribution in [3.63, 3.8) is 0 Å². The van der Waals surface area contributed by atoms with Gasteiger partial charge in [-0.05, 0) is 60.3 Å². The molecular weight excluding hydrogens is 272 g/mol. The predicted molar refractivity (Wildman–Crippen MR) is 79.9 cm³/mol. The summed E-state index contributed by atoms with van der Waals surface area (Å²) < 4.78 is 5.16. The van der Waals surface area contributed by atoms with Crippen molar-refractivity contribution in [1.82, 2.24) is 10.6 Å². The highest BCUT2D eigenvalue weighted by atomic mass is 16.6. The maximum atomic E-state index is 12.3. The van der Waals surface area contributed by atoms with E-state index in [0.29, 0.717) is 12.8 Å². The Labute approximate surface area is 126 Å². The lowest BCUT2D eigenvalue weighted by Gasteiger charge is -2.31. The third kappa shape index (κ3) is 6.33. The summed E-state index contributed by atoms with van der Waals surface area (Å²) in [7, 11) is 0. The molecule has 1 rings (SSSR count). The maximum absolute atomic E-state index is 12.3. The Morgan fingerprint density at radius 1 is 1.05 bits per heavy atom. The van der Waals surface area contributed by atoms with Crippen LogP contribution in [0.3, 0.4) is 0 Å². The molecule has 0 heterocycles. The second kappa shape index (κ2) is 6.64. The number of nitrogens with one attached hydrogen (secondary N) is 2. The molecule has 122 valence electrons. The topological polar surface area (TPSA) is 87.7 Å². The average molecular weight is 300 g/mol. The van der Waals surface area contributed by atoms with Crippen molar-refractivity contribution in [3.8, 4) is 0 Å². The number of alkyl carbamates (subject to hydrolysis) is 1. The van der Waals surface area contributed by atoms with E-state index in [4.69, 9.17) is 4.74 Å². The Balaban J connectivity index is 2.49. The fourth-order valence-electron chi connectivity index (χ4n) is 2.20. The zero-order valence-corrected chi connectivity index (χ0v) is 13.7. The maximum Gasteiger partial charge on any atom is 0.408 e. The molecular formula is C15H28N2O4. The summed E-state index contributed by atoms with van der Waals surface area (Å²) >= 11 is 0. The fraction of sp³-hybridized carbons (Fsp3) is 0.867. The Hall–Kier alpha value is -1.30. The van der Waals surface area contributed by atoms with Gasteiger partial charge in [0.05, 0.1) is 6.10 Å². The highest BCUT2D eigenvalue weighted by Gasteiger charge is 2.33. The van der Waals surface area contributed by atoms with Crippen molar-refractivity contribution in [2.24, 2.45) is 0 Å². The molecule has 1 aliphatic rings. The van der Waals surface area contributed by atoms with Crippen LogP contribution in [0.5, 0.6) is 0 Å². The van der Waals surface area contributed by atoms with Crippen LogP contribution in [0.4, 0.5) is 4.79 Å². The van der Waals surface area contributed by atoms with Crippen LogP contribution in [0, 0.1) is 0 Å². The van der Waals surface area contributed by atoms with Crippen LogP contribution < -0.4 is 10.6 Å². The summed E-state index contributed by atoms with van der Waals surface area (Å²) in [6, 6.07) is 0.0561. The molecule has 6 heteroatoms. The normalized spacial score (nSPS) is 23.3. The van der Waals surface area contributed by atoms with E-state index >= 15 is 0 Å². The van der Waals surface area contributed by atoms with Crippen molar-refractivity contribution in [2.75, 3.05) is 0 Å². The Morgan fingerprint density at radius 2 is 1.57 bits per heavy atom. The first kappa shape index (κ1) is 17.8. The van der Waals surface area contributed by atoms with Gasteiger partial charge < -0.3 is 20.5 Å².